The molecule has 2 aromatic rings. The molecule has 1 N–H and O–H groups in total. The molecule has 2 rings (SSSR count). The Labute approximate surface area is 125 Å². The molecule has 0 aliphatic carbocycles. The summed E-state index contributed by atoms with van der Waals surface area (Å²) >= 11 is 6.35. The minimum Gasteiger partial charge on any atom is -0.304 e. The Kier molecular flexibility index (Phi) is 5.15. The van der Waals surface area contributed by atoms with E-state index in [1.807, 2.05) is 16.9 Å². The summed E-state index contributed by atoms with van der Waals surface area (Å²) in [6.45, 7) is 7.98. The van der Waals surface area contributed by atoms with E-state index in [0.717, 1.165) is 30.9 Å². The molecule has 108 valence electrons. The minimum atomic E-state index is -0.0264. The summed E-state index contributed by atoms with van der Waals surface area (Å²) in [6, 6.07) is 4.06. The summed E-state index contributed by atoms with van der Waals surface area (Å²) in [4.78, 5) is 4.49. The van der Waals surface area contributed by atoms with Gasteiger partial charge in [-0.3, -0.25) is 9.67 Å². The van der Waals surface area contributed by atoms with Crippen LogP contribution in [0.4, 0.5) is 0 Å². The van der Waals surface area contributed by atoms with Crippen molar-refractivity contribution in [2.24, 2.45) is 0 Å². The van der Waals surface area contributed by atoms with Crippen LogP contribution in [0.2, 0.25) is 5.02 Å². The fourth-order valence-electron chi connectivity index (χ4n) is 2.31. The van der Waals surface area contributed by atoms with Crippen molar-refractivity contribution in [2.75, 3.05) is 6.54 Å². The summed E-state index contributed by atoms with van der Waals surface area (Å²) in [5.41, 5.74) is 3.16. The summed E-state index contributed by atoms with van der Waals surface area (Å²) < 4.78 is 1.97. The van der Waals surface area contributed by atoms with E-state index < -0.39 is 0 Å². The lowest BCUT2D eigenvalue weighted by atomic mass is 10.1. The number of rotatable bonds is 6. The van der Waals surface area contributed by atoms with Crippen molar-refractivity contribution in [2.45, 2.75) is 39.8 Å². The molecule has 1 unspecified atom stereocenters. The maximum absolute atomic E-state index is 6.35. The van der Waals surface area contributed by atoms with E-state index in [-0.39, 0.29) is 6.04 Å². The zero-order chi connectivity index (χ0) is 14.5. The smallest absolute Gasteiger partial charge is 0.0937 e. The van der Waals surface area contributed by atoms with E-state index in [0.29, 0.717) is 5.02 Å². The van der Waals surface area contributed by atoms with Gasteiger partial charge in [-0.15, -0.1) is 0 Å². The van der Waals surface area contributed by atoms with Crippen LogP contribution in [-0.4, -0.2) is 21.3 Å². The third-order valence-electron chi connectivity index (χ3n) is 3.18. The van der Waals surface area contributed by atoms with Gasteiger partial charge in [0, 0.05) is 12.7 Å². The number of halogens is 1. The number of hydrogen-bond acceptors (Lipinski definition) is 3. The molecule has 1 atom stereocenters. The van der Waals surface area contributed by atoms with E-state index in [1.54, 1.807) is 6.20 Å². The molecule has 0 bridgehead atoms. The van der Waals surface area contributed by atoms with Crippen LogP contribution in [0.15, 0.2) is 24.5 Å². The van der Waals surface area contributed by atoms with Gasteiger partial charge in [-0.2, -0.15) is 5.10 Å². The van der Waals surface area contributed by atoms with Crippen LogP contribution in [0, 0.1) is 6.92 Å². The Morgan fingerprint density at radius 2 is 2.20 bits per heavy atom. The quantitative estimate of drug-likeness (QED) is 0.888. The Balaban J connectivity index is 2.45. The molecular formula is C15H21ClN4. The van der Waals surface area contributed by atoms with Crippen molar-refractivity contribution >= 4 is 11.6 Å². The first-order valence-corrected chi connectivity index (χ1v) is 7.42. The Hall–Kier alpha value is -1.39. The average Bonchev–Trinajstić information content (AvgIpc) is 2.78. The molecule has 4 nitrogen and oxygen atoms in total. The normalized spacial score (nSPS) is 12.6. The summed E-state index contributed by atoms with van der Waals surface area (Å²) in [7, 11) is 0. The van der Waals surface area contributed by atoms with Gasteiger partial charge in [0.1, 0.15) is 0 Å². The van der Waals surface area contributed by atoms with Gasteiger partial charge in [0.25, 0.3) is 0 Å². The summed E-state index contributed by atoms with van der Waals surface area (Å²) in [6.07, 6.45) is 4.57. The van der Waals surface area contributed by atoms with Gasteiger partial charge in [-0.05, 0) is 37.6 Å². The second-order valence-electron chi connectivity index (χ2n) is 4.85. The maximum atomic E-state index is 6.35. The van der Waals surface area contributed by atoms with Gasteiger partial charge < -0.3 is 5.32 Å². The number of nitrogens with one attached hydrogen (secondary N) is 1. The lowest BCUT2D eigenvalue weighted by molar-refractivity contribution is 0.514. The van der Waals surface area contributed by atoms with E-state index in [1.165, 1.54) is 5.56 Å². The monoisotopic (exact) mass is 292 g/mol. The minimum absolute atomic E-state index is 0.0264. The van der Waals surface area contributed by atoms with Crippen molar-refractivity contribution in [1.82, 2.24) is 20.1 Å². The van der Waals surface area contributed by atoms with Crippen LogP contribution in [0.5, 0.6) is 0 Å². The molecule has 0 aromatic carbocycles. The molecular weight excluding hydrogens is 272 g/mol. The first-order valence-electron chi connectivity index (χ1n) is 7.04. The third kappa shape index (κ3) is 3.19. The summed E-state index contributed by atoms with van der Waals surface area (Å²) in [5, 5.41) is 8.52. The molecule has 0 radical (unpaired) electrons. The van der Waals surface area contributed by atoms with E-state index in [9.17, 15) is 0 Å². The lowest BCUT2D eigenvalue weighted by Gasteiger charge is -2.20. The third-order valence-corrected chi connectivity index (χ3v) is 3.47. The van der Waals surface area contributed by atoms with E-state index >= 15 is 0 Å². The second-order valence-corrected chi connectivity index (χ2v) is 5.26. The Morgan fingerprint density at radius 3 is 2.85 bits per heavy atom. The number of nitrogens with zero attached hydrogens (tertiary/aromatic N) is 3. The van der Waals surface area contributed by atoms with Gasteiger partial charge >= 0.3 is 0 Å². The molecule has 0 amide bonds. The largest absolute Gasteiger partial charge is 0.304 e. The van der Waals surface area contributed by atoms with Crippen LogP contribution in [-0.2, 0) is 6.54 Å². The molecule has 0 aliphatic rings. The molecule has 20 heavy (non-hydrogen) atoms. The first-order chi connectivity index (χ1) is 9.67. The zero-order valence-electron chi connectivity index (χ0n) is 12.2. The molecule has 5 heteroatoms. The number of pyridine rings is 1. The van der Waals surface area contributed by atoms with Crippen molar-refractivity contribution in [3.05, 3.63) is 46.5 Å². The van der Waals surface area contributed by atoms with Crippen molar-refractivity contribution < 1.29 is 0 Å². The van der Waals surface area contributed by atoms with Gasteiger partial charge in [-0.1, -0.05) is 25.4 Å². The number of aryl methyl sites for hydroxylation is 2. The van der Waals surface area contributed by atoms with Crippen LogP contribution in [0.3, 0.4) is 0 Å². The maximum Gasteiger partial charge on any atom is 0.0937 e. The van der Waals surface area contributed by atoms with Crippen LogP contribution in [0.1, 0.15) is 43.3 Å². The highest BCUT2D eigenvalue weighted by molar-refractivity contribution is 6.31. The average molecular weight is 293 g/mol. The highest BCUT2D eigenvalue weighted by Crippen LogP contribution is 2.27. The number of hydrogen-bond donors (Lipinski definition) is 1. The highest BCUT2D eigenvalue weighted by atomic mass is 35.5. The molecule has 2 aromatic heterocycles. The van der Waals surface area contributed by atoms with Crippen molar-refractivity contribution in [1.29, 1.82) is 0 Å². The van der Waals surface area contributed by atoms with Gasteiger partial charge in [-0.25, -0.2) is 0 Å². The van der Waals surface area contributed by atoms with Crippen LogP contribution < -0.4 is 5.32 Å². The Morgan fingerprint density at radius 1 is 1.40 bits per heavy atom. The topological polar surface area (TPSA) is 42.7 Å². The van der Waals surface area contributed by atoms with Gasteiger partial charge in [0.15, 0.2) is 0 Å². The molecule has 0 fully saturated rings. The van der Waals surface area contributed by atoms with Gasteiger partial charge in [0.05, 0.1) is 28.6 Å². The Bertz CT molecular complexity index is 565. The second kappa shape index (κ2) is 6.86. The van der Waals surface area contributed by atoms with Crippen LogP contribution >= 0.6 is 11.6 Å². The lowest BCUT2D eigenvalue weighted by Crippen LogP contribution is -2.26. The molecule has 2 heterocycles. The summed E-state index contributed by atoms with van der Waals surface area (Å²) in [5.74, 6) is 0. The van der Waals surface area contributed by atoms with Gasteiger partial charge in [0.2, 0.25) is 0 Å². The van der Waals surface area contributed by atoms with Crippen molar-refractivity contribution in [3.8, 4) is 0 Å². The standard InChI is InChI=1S/C15H21ClN4/c1-4-8-20-15(12(16)10-19-20)14(17-5-2)13-9-11(3)6-7-18-13/h6-7,9-10,14,17H,4-5,8H2,1-3H3. The molecule has 0 aliphatic heterocycles. The predicted octanol–water partition coefficient (Wildman–Crippen LogP) is 3.35. The fraction of sp³-hybridized carbons (Fsp3) is 0.467. The van der Waals surface area contributed by atoms with E-state index in [4.69, 9.17) is 11.6 Å². The van der Waals surface area contributed by atoms with E-state index in [2.05, 4.69) is 42.2 Å². The number of aromatic nitrogens is 3. The SMILES string of the molecule is CCCn1ncc(Cl)c1C(NCC)c1cc(C)ccn1. The fourth-order valence-corrected chi connectivity index (χ4v) is 2.56. The zero-order valence-corrected chi connectivity index (χ0v) is 13.0. The predicted molar refractivity (Wildman–Crippen MR) is 82.0 cm³/mol. The first kappa shape index (κ1) is 15.0. The molecule has 0 saturated carbocycles. The van der Waals surface area contributed by atoms with Crippen LogP contribution in [0.25, 0.3) is 0 Å². The molecule has 0 spiro atoms. The van der Waals surface area contributed by atoms with Crippen molar-refractivity contribution in [3.63, 3.8) is 0 Å². The molecule has 0 saturated heterocycles. The highest BCUT2D eigenvalue weighted by Gasteiger charge is 2.22.